The molecule has 1 aromatic carbocycles. The maximum absolute atomic E-state index is 12.6. The molecule has 8 nitrogen and oxygen atoms in total. The van der Waals surface area contributed by atoms with E-state index in [9.17, 15) is 14.9 Å². The summed E-state index contributed by atoms with van der Waals surface area (Å²) in [4.78, 5) is 26.7. The highest BCUT2D eigenvalue weighted by atomic mass is 16.5. The van der Waals surface area contributed by atoms with Crippen LogP contribution in [0.15, 0.2) is 23.8 Å². The molecule has 1 rings (SSSR count). The van der Waals surface area contributed by atoms with Crippen LogP contribution < -0.4 is 14.8 Å². The average molecular weight is 460 g/mol. The Hall–Kier alpha value is -3.05. The Morgan fingerprint density at radius 1 is 1.09 bits per heavy atom. The molecule has 2 amide bonds. The molecule has 1 N–H and O–H groups in total. The van der Waals surface area contributed by atoms with Gasteiger partial charge in [-0.3, -0.25) is 9.59 Å². The molecule has 0 saturated carbocycles. The summed E-state index contributed by atoms with van der Waals surface area (Å²) in [5.41, 5.74) is 0.603. The van der Waals surface area contributed by atoms with Crippen LogP contribution in [0, 0.1) is 11.3 Å². The van der Waals surface area contributed by atoms with Gasteiger partial charge in [0.05, 0.1) is 6.61 Å². The fourth-order valence-corrected chi connectivity index (χ4v) is 3.32. The average Bonchev–Trinajstić information content (AvgIpc) is 2.76. The Morgan fingerprint density at radius 3 is 2.36 bits per heavy atom. The summed E-state index contributed by atoms with van der Waals surface area (Å²) in [7, 11) is 0. The molecule has 0 fully saturated rings. The van der Waals surface area contributed by atoms with Crippen molar-refractivity contribution in [3.63, 3.8) is 0 Å². The van der Waals surface area contributed by atoms with Gasteiger partial charge in [0.25, 0.3) is 11.8 Å². The highest BCUT2D eigenvalue weighted by molar-refractivity contribution is 6.01. The molecule has 0 unspecified atom stereocenters. The number of hydrogen-bond acceptors (Lipinski definition) is 6. The van der Waals surface area contributed by atoms with Crippen molar-refractivity contribution in [2.45, 2.75) is 60.0 Å². The van der Waals surface area contributed by atoms with Crippen LogP contribution in [0.25, 0.3) is 6.08 Å². The fourth-order valence-electron chi connectivity index (χ4n) is 3.32. The molecule has 0 spiro atoms. The number of benzene rings is 1. The lowest BCUT2D eigenvalue weighted by molar-refractivity contribution is -0.137. The number of nitriles is 1. The number of rotatable bonds is 14. The molecular formula is C25H37N3O5. The van der Waals surface area contributed by atoms with Crippen molar-refractivity contribution in [1.29, 1.82) is 5.26 Å². The quantitative estimate of drug-likeness (QED) is 0.259. The van der Waals surface area contributed by atoms with Gasteiger partial charge in [-0.15, -0.1) is 0 Å². The number of carbonyl (C=O) groups is 2. The first kappa shape index (κ1) is 28.0. The van der Waals surface area contributed by atoms with E-state index in [0.717, 1.165) is 0 Å². The number of nitrogens with zero attached hydrogens (tertiary/aromatic N) is 2. The molecule has 0 atom stereocenters. The summed E-state index contributed by atoms with van der Waals surface area (Å²) in [5, 5.41) is 12.1. The molecule has 0 aliphatic heterocycles. The Kier molecular flexibility index (Phi) is 12.6. The molecule has 1 aromatic rings. The van der Waals surface area contributed by atoms with Crippen LogP contribution in [0.4, 0.5) is 0 Å². The van der Waals surface area contributed by atoms with Crippen molar-refractivity contribution < 1.29 is 23.8 Å². The van der Waals surface area contributed by atoms with Gasteiger partial charge in [-0.1, -0.05) is 6.07 Å². The van der Waals surface area contributed by atoms with Gasteiger partial charge in [0.15, 0.2) is 18.1 Å². The minimum Gasteiger partial charge on any atom is -0.490 e. The second kappa shape index (κ2) is 14.9. The highest BCUT2D eigenvalue weighted by Gasteiger charge is 2.21. The third kappa shape index (κ3) is 9.54. The molecule has 0 bridgehead atoms. The fraction of sp³-hybridized carbons (Fsp3) is 0.560. The second-order valence-electron chi connectivity index (χ2n) is 7.89. The third-order valence-electron chi connectivity index (χ3n) is 4.65. The maximum Gasteiger partial charge on any atom is 0.261 e. The van der Waals surface area contributed by atoms with E-state index in [-0.39, 0.29) is 30.2 Å². The number of ether oxygens (including phenoxy) is 3. The number of carbonyl (C=O) groups excluding carboxylic acids is 2. The van der Waals surface area contributed by atoms with Crippen LogP contribution in [-0.2, 0) is 14.3 Å². The van der Waals surface area contributed by atoms with Crippen LogP contribution in [0.3, 0.4) is 0 Å². The number of hydrogen-bond donors (Lipinski definition) is 1. The summed E-state index contributed by atoms with van der Waals surface area (Å²) < 4.78 is 16.7. The van der Waals surface area contributed by atoms with Gasteiger partial charge in [0, 0.05) is 31.8 Å². The van der Waals surface area contributed by atoms with Crippen LogP contribution in [0.1, 0.15) is 53.5 Å². The topological polar surface area (TPSA) is 101 Å². The zero-order valence-electron chi connectivity index (χ0n) is 20.6. The normalized spacial score (nSPS) is 11.3. The van der Waals surface area contributed by atoms with E-state index in [1.54, 1.807) is 23.1 Å². The van der Waals surface area contributed by atoms with E-state index in [2.05, 4.69) is 5.32 Å². The third-order valence-corrected chi connectivity index (χ3v) is 4.65. The van der Waals surface area contributed by atoms with Crippen molar-refractivity contribution in [3.8, 4) is 17.6 Å². The first-order chi connectivity index (χ1) is 15.7. The second-order valence-corrected chi connectivity index (χ2v) is 7.89. The minimum atomic E-state index is -0.444. The summed E-state index contributed by atoms with van der Waals surface area (Å²) in [5.74, 6) is 0.308. The van der Waals surface area contributed by atoms with Gasteiger partial charge in [-0.25, -0.2) is 0 Å². The molecule has 0 heterocycles. The monoisotopic (exact) mass is 459 g/mol. The van der Waals surface area contributed by atoms with E-state index < -0.39 is 5.91 Å². The van der Waals surface area contributed by atoms with Crippen molar-refractivity contribution >= 4 is 17.9 Å². The molecule has 8 heteroatoms. The summed E-state index contributed by atoms with van der Waals surface area (Å²) >= 11 is 0. The van der Waals surface area contributed by atoms with Crippen LogP contribution in [-0.4, -0.2) is 61.8 Å². The minimum absolute atomic E-state index is 0.0118. The lowest BCUT2D eigenvalue weighted by Gasteiger charge is -2.30. The highest BCUT2D eigenvalue weighted by Crippen LogP contribution is 2.29. The van der Waals surface area contributed by atoms with Gasteiger partial charge in [-0.05, 0) is 71.7 Å². The largest absolute Gasteiger partial charge is 0.490 e. The Morgan fingerprint density at radius 2 is 1.79 bits per heavy atom. The summed E-state index contributed by atoms with van der Waals surface area (Å²) in [6.45, 7) is 13.5. The van der Waals surface area contributed by atoms with Gasteiger partial charge in [0.2, 0.25) is 0 Å². The first-order valence-corrected chi connectivity index (χ1v) is 11.4. The van der Waals surface area contributed by atoms with Crippen molar-refractivity contribution in [2.75, 3.05) is 33.0 Å². The van der Waals surface area contributed by atoms with E-state index >= 15 is 0 Å². The van der Waals surface area contributed by atoms with Crippen molar-refractivity contribution in [2.24, 2.45) is 0 Å². The van der Waals surface area contributed by atoms with Crippen LogP contribution >= 0.6 is 0 Å². The van der Waals surface area contributed by atoms with E-state index in [1.165, 1.54) is 6.08 Å². The van der Waals surface area contributed by atoms with Gasteiger partial charge in [-0.2, -0.15) is 5.26 Å². The SMILES string of the molecule is CCOCCCNC(=O)/C(C#N)=C/c1ccc(OCC(=O)N(C(C)C)C(C)C)c(OCC)c1. The molecule has 182 valence electrons. The molecule has 33 heavy (non-hydrogen) atoms. The Balaban J connectivity index is 2.92. The molecule has 0 aromatic heterocycles. The van der Waals surface area contributed by atoms with Crippen molar-refractivity contribution in [1.82, 2.24) is 10.2 Å². The van der Waals surface area contributed by atoms with Crippen molar-refractivity contribution in [3.05, 3.63) is 29.3 Å². The van der Waals surface area contributed by atoms with E-state index in [1.807, 2.05) is 47.6 Å². The standard InChI is InChI=1S/C25H37N3O5/c1-7-31-13-9-12-27-25(30)21(16-26)14-20-10-11-22(23(15-20)32-8-2)33-17-24(29)28(18(3)4)19(5)6/h10-11,14-15,18-19H,7-9,12-13,17H2,1-6H3,(H,27,30)/b21-14+. The first-order valence-electron chi connectivity index (χ1n) is 11.4. The molecule has 0 aliphatic rings. The molecular weight excluding hydrogens is 422 g/mol. The zero-order chi connectivity index (χ0) is 24.8. The van der Waals surface area contributed by atoms with E-state index in [0.29, 0.717) is 49.8 Å². The lowest BCUT2D eigenvalue weighted by Crippen LogP contribution is -2.44. The Labute approximate surface area is 197 Å². The van der Waals surface area contributed by atoms with Gasteiger partial charge < -0.3 is 24.4 Å². The Bertz CT molecular complexity index is 835. The molecule has 0 saturated heterocycles. The molecule has 0 aliphatic carbocycles. The van der Waals surface area contributed by atoms with Gasteiger partial charge in [0.1, 0.15) is 11.6 Å². The van der Waals surface area contributed by atoms with Crippen LogP contribution in [0.5, 0.6) is 11.5 Å². The summed E-state index contributed by atoms with van der Waals surface area (Å²) in [6.07, 6.45) is 2.16. The zero-order valence-corrected chi connectivity index (χ0v) is 20.6. The lowest BCUT2D eigenvalue weighted by atomic mass is 10.1. The van der Waals surface area contributed by atoms with E-state index in [4.69, 9.17) is 14.2 Å². The predicted octanol–water partition coefficient (Wildman–Crippen LogP) is 3.56. The number of nitrogens with one attached hydrogen (secondary N) is 1. The smallest absolute Gasteiger partial charge is 0.261 e. The maximum atomic E-state index is 12.6. The van der Waals surface area contributed by atoms with Crippen LogP contribution in [0.2, 0.25) is 0 Å². The summed E-state index contributed by atoms with van der Waals surface area (Å²) in [6, 6.07) is 7.14. The molecule has 0 radical (unpaired) electrons. The van der Waals surface area contributed by atoms with Gasteiger partial charge >= 0.3 is 0 Å². The predicted molar refractivity (Wildman–Crippen MR) is 128 cm³/mol. The number of amides is 2.